The molecule has 3 saturated carbocycles. The first-order chi connectivity index (χ1) is 10.6. The van der Waals surface area contributed by atoms with Gasteiger partial charge >= 0.3 is 0 Å². The van der Waals surface area contributed by atoms with E-state index in [1.165, 1.54) is 44.9 Å². The van der Waals surface area contributed by atoms with Crippen LogP contribution in [0.3, 0.4) is 0 Å². The zero-order valence-electron chi connectivity index (χ0n) is 14.4. The molecular formula is C17H31IN4O. The second-order valence-corrected chi connectivity index (χ2v) is 7.56. The summed E-state index contributed by atoms with van der Waals surface area (Å²) in [7, 11) is 3.56. The molecule has 2 bridgehead atoms. The van der Waals surface area contributed by atoms with E-state index in [0.29, 0.717) is 6.04 Å². The van der Waals surface area contributed by atoms with Gasteiger partial charge in [-0.1, -0.05) is 12.8 Å². The highest BCUT2D eigenvalue weighted by atomic mass is 127. The monoisotopic (exact) mass is 434 g/mol. The van der Waals surface area contributed by atoms with E-state index in [-0.39, 0.29) is 36.4 Å². The van der Waals surface area contributed by atoms with Crippen LogP contribution < -0.4 is 10.6 Å². The maximum Gasteiger partial charge on any atom is 0.243 e. The average Bonchev–Trinajstić information content (AvgIpc) is 3.04. The van der Waals surface area contributed by atoms with Crippen molar-refractivity contribution >= 4 is 35.8 Å². The second kappa shape index (κ2) is 8.53. The fourth-order valence-electron chi connectivity index (χ4n) is 3.98. The standard InChI is InChI=1S/C17H30N4O.HI/c1-21(2)16(22)11-19-17(18-10-12-4-3-5-12)20-15-9-13-6-7-14(15)8-13;/h12-15H,3-11H2,1-2H3,(H2,18,19,20);1H. The highest BCUT2D eigenvalue weighted by Crippen LogP contribution is 2.44. The van der Waals surface area contributed by atoms with Crippen LogP contribution in [-0.2, 0) is 4.79 Å². The number of nitrogens with one attached hydrogen (secondary N) is 2. The Labute approximate surface area is 157 Å². The van der Waals surface area contributed by atoms with E-state index in [0.717, 1.165) is 30.3 Å². The van der Waals surface area contributed by atoms with E-state index in [1.54, 1.807) is 19.0 Å². The van der Waals surface area contributed by atoms with Crippen LogP contribution in [0, 0.1) is 17.8 Å². The van der Waals surface area contributed by atoms with Crippen LogP contribution in [0.2, 0.25) is 0 Å². The zero-order chi connectivity index (χ0) is 15.5. The van der Waals surface area contributed by atoms with Gasteiger partial charge in [0.25, 0.3) is 0 Å². The number of hydrogen-bond donors (Lipinski definition) is 2. The molecule has 0 aromatic heterocycles. The SMILES string of the molecule is CN(C)C(=O)CN=C(NCC1CCC1)NC1CC2CCC1C2.I. The van der Waals surface area contributed by atoms with Gasteiger partial charge in [0.05, 0.1) is 0 Å². The molecule has 0 aliphatic heterocycles. The molecule has 6 heteroatoms. The van der Waals surface area contributed by atoms with Gasteiger partial charge in [-0.2, -0.15) is 0 Å². The van der Waals surface area contributed by atoms with E-state index in [4.69, 9.17) is 0 Å². The highest BCUT2D eigenvalue weighted by Gasteiger charge is 2.39. The number of fused-ring (bicyclic) bond motifs is 2. The zero-order valence-corrected chi connectivity index (χ0v) is 16.7. The van der Waals surface area contributed by atoms with E-state index in [1.807, 2.05) is 0 Å². The Hall–Kier alpha value is -0.530. The van der Waals surface area contributed by atoms with Crippen molar-refractivity contribution in [2.24, 2.45) is 22.7 Å². The van der Waals surface area contributed by atoms with Gasteiger partial charge in [-0.05, 0) is 49.9 Å². The Kier molecular flexibility index (Phi) is 6.98. The van der Waals surface area contributed by atoms with Crippen LogP contribution in [0.1, 0.15) is 44.9 Å². The van der Waals surface area contributed by atoms with Gasteiger partial charge in [-0.25, -0.2) is 4.99 Å². The van der Waals surface area contributed by atoms with Crippen LogP contribution in [0.15, 0.2) is 4.99 Å². The third-order valence-corrected chi connectivity index (χ3v) is 5.71. The summed E-state index contributed by atoms with van der Waals surface area (Å²) in [6.07, 6.45) is 9.42. The van der Waals surface area contributed by atoms with Crippen LogP contribution in [0.5, 0.6) is 0 Å². The van der Waals surface area contributed by atoms with Gasteiger partial charge in [0.2, 0.25) is 5.91 Å². The molecule has 23 heavy (non-hydrogen) atoms. The van der Waals surface area contributed by atoms with Gasteiger partial charge in [-0.3, -0.25) is 4.79 Å². The molecule has 3 aliphatic rings. The fourth-order valence-corrected chi connectivity index (χ4v) is 3.98. The molecule has 3 rings (SSSR count). The van der Waals surface area contributed by atoms with Crippen molar-refractivity contribution in [1.29, 1.82) is 0 Å². The summed E-state index contributed by atoms with van der Waals surface area (Å²) >= 11 is 0. The van der Waals surface area contributed by atoms with Crippen LogP contribution in [0.4, 0.5) is 0 Å². The number of aliphatic imine (C=N–C) groups is 1. The van der Waals surface area contributed by atoms with Crippen molar-refractivity contribution in [3.8, 4) is 0 Å². The maximum absolute atomic E-state index is 11.8. The average molecular weight is 434 g/mol. The largest absolute Gasteiger partial charge is 0.356 e. The molecule has 1 amide bonds. The molecule has 2 N–H and O–H groups in total. The molecule has 0 aromatic rings. The summed E-state index contributed by atoms with van der Waals surface area (Å²) in [6.45, 7) is 1.22. The number of carbonyl (C=O) groups excluding carboxylic acids is 1. The quantitative estimate of drug-likeness (QED) is 0.397. The van der Waals surface area contributed by atoms with Crippen molar-refractivity contribution in [2.45, 2.75) is 51.0 Å². The first-order valence-electron chi connectivity index (χ1n) is 8.87. The molecule has 0 spiro atoms. The van der Waals surface area contributed by atoms with Crippen LogP contribution in [-0.4, -0.2) is 50.0 Å². The third kappa shape index (κ3) is 4.97. The first-order valence-corrected chi connectivity index (χ1v) is 8.87. The molecule has 3 atom stereocenters. The predicted octanol–water partition coefficient (Wildman–Crippen LogP) is 2.22. The number of halogens is 1. The molecule has 0 saturated heterocycles. The molecular weight excluding hydrogens is 403 g/mol. The van der Waals surface area contributed by atoms with Crippen molar-refractivity contribution in [2.75, 3.05) is 27.2 Å². The molecule has 3 unspecified atom stereocenters. The highest BCUT2D eigenvalue weighted by molar-refractivity contribution is 14.0. The van der Waals surface area contributed by atoms with E-state index >= 15 is 0 Å². The first kappa shape index (κ1) is 18.8. The third-order valence-electron chi connectivity index (χ3n) is 5.71. The summed E-state index contributed by atoms with van der Waals surface area (Å²) in [5.74, 6) is 3.41. The minimum atomic E-state index is 0. The van der Waals surface area contributed by atoms with E-state index in [2.05, 4.69) is 15.6 Å². The Morgan fingerprint density at radius 2 is 1.96 bits per heavy atom. The molecule has 3 aliphatic carbocycles. The van der Waals surface area contributed by atoms with Crippen molar-refractivity contribution in [3.05, 3.63) is 0 Å². The smallest absolute Gasteiger partial charge is 0.243 e. The fraction of sp³-hybridized carbons (Fsp3) is 0.882. The Balaban J connectivity index is 0.00000192. The van der Waals surface area contributed by atoms with Crippen LogP contribution >= 0.6 is 24.0 Å². The van der Waals surface area contributed by atoms with Gasteiger partial charge in [0.1, 0.15) is 6.54 Å². The Morgan fingerprint density at radius 3 is 2.48 bits per heavy atom. The number of nitrogens with zero attached hydrogens (tertiary/aromatic N) is 2. The number of amides is 1. The normalized spacial score (nSPS) is 29.7. The molecule has 3 fully saturated rings. The summed E-state index contributed by atoms with van der Waals surface area (Å²) in [5, 5.41) is 7.08. The summed E-state index contributed by atoms with van der Waals surface area (Å²) in [5.41, 5.74) is 0. The van der Waals surface area contributed by atoms with Gasteiger partial charge in [0.15, 0.2) is 5.96 Å². The number of carbonyl (C=O) groups is 1. The van der Waals surface area contributed by atoms with Crippen molar-refractivity contribution in [1.82, 2.24) is 15.5 Å². The Bertz CT molecular complexity index is 436. The van der Waals surface area contributed by atoms with Crippen LogP contribution in [0.25, 0.3) is 0 Å². The lowest BCUT2D eigenvalue weighted by Crippen LogP contribution is -2.47. The maximum atomic E-state index is 11.8. The number of guanidine groups is 1. The number of likely N-dealkylation sites (N-methyl/N-ethyl adjacent to an activating group) is 1. The molecule has 132 valence electrons. The minimum absolute atomic E-state index is 0. The molecule has 0 radical (unpaired) electrons. The van der Waals surface area contributed by atoms with E-state index < -0.39 is 0 Å². The molecule has 0 heterocycles. The minimum Gasteiger partial charge on any atom is -0.356 e. The topological polar surface area (TPSA) is 56.7 Å². The molecule has 5 nitrogen and oxygen atoms in total. The lowest BCUT2D eigenvalue weighted by molar-refractivity contribution is -0.127. The molecule has 0 aromatic carbocycles. The number of hydrogen-bond acceptors (Lipinski definition) is 2. The summed E-state index contributed by atoms with van der Waals surface area (Å²) in [6, 6.07) is 0.556. The summed E-state index contributed by atoms with van der Waals surface area (Å²) in [4.78, 5) is 17.9. The lowest BCUT2D eigenvalue weighted by Gasteiger charge is -2.29. The van der Waals surface area contributed by atoms with Gasteiger partial charge < -0.3 is 15.5 Å². The van der Waals surface area contributed by atoms with E-state index in [9.17, 15) is 4.79 Å². The Morgan fingerprint density at radius 1 is 1.17 bits per heavy atom. The second-order valence-electron chi connectivity index (χ2n) is 7.56. The predicted molar refractivity (Wildman–Crippen MR) is 104 cm³/mol. The lowest BCUT2D eigenvalue weighted by atomic mass is 9.85. The van der Waals surface area contributed by atoms with Gasteiger partial charge in [0, 0.05) is 26.7 Å². The van der Waals surface area contributed by atoms with Gasteiger partial charge in [-0.15, -0.1) is 24.0 Å². The van der Waals surface area contributed by atoms with Crippen molar-refractivity contribution in [3.63, 3.8) is 0 Å². The number of rotatable bonds is 5. The van der Waals surface area contributed by atoms with Crippen molar-refractivity contribution < 1.29 is 4.79 Å². The summed E-state index contributed by atoms with van der Waals surface area (Å²) < 4.78 is 0.